The lowest BCUT2D eigenvalue weighted by Gasteiger charge is -2.31. The number of nitrogens with zero attached hydrogens (tertiary/aromatic N) is 3. The number of fused-ring (bicyclic) bond motifs is 1. The monoisotopic (exact) mass is 562 g/mol. The Hall–Kier alpha value is -2.29. The van der Waals surface area contributed by atoms with E-state index in [4.69, 9.17) is 9.97 Å². The summed E-state index contributed by atoms with van der Waals surface area (Å²) < 4.78 is 26.5. The van der Waals surface area contributed by atoms with Gasteiger partial charge >= 0.3 is 0 Å². The van der Waals surface area contributed by atoms with Crippen LogP contribution in [0.4, 0.5) is 11.8 Å². The summed E-state index contributed by atoms with van der Waals surface area (Å²) in [6, 6.07) is 7.82. The zero-order valence-corrected chi connectivity index (χ0v) is 23.0. The molecule has 1 saturated carbocycles. The van der Waals surface area contributed by atoms with Gasteiger partial charge in [0, 0.05) is 24.3 Å². The van der Waals surface area contributed by atoms with Gasteiger partial charge in [0.1, 0.15) is 16.9 Å². The molecule has 198 valence electrons. The number of thioether (sulfide) groups is 1. The smallest absolute Gasteiger partial charge is 0.224 e. The molecular formula is C24H30N6O4S3. The number of rotatable bonds is 9. The van der Waals surface area contributed by atoms with Crippen LogP contribution in [-0.4, -0.2) is 70.0 Å². The first-order valence-corrected chi connectivity index (χ1v) is 15.7. The molecular weight excluding hydrogens is 533 g/mol. The van der Waals surface area contributed by atoms with Crippen LogP contribution in [-0.2, 0) is 10.0 Å². The van der Waals surface area contributed by atoms with E-state index in [1.165, 1.54) is 11.3 Å². The first kappa shape index (κ1) is 26.3. The summed E-state index contributed by atoms with van der Waals surface area (Å²) in [5, 5.41) is 32.1. The van der Waals surface area contributed by atoms with Gasteiger partial charge < -0.3 is 20.8 Å². The summed E-state index contributed by atoms with van der Waals surface area (Å²) in [6.45, 7) is 2.60. The standard InChI is InChI=1S/C24H30N6O4S3/c1-14-19(22-28-17-7-3-4-8-18(17)36-22)21(29-23(27-14)25-13-16-6-5-11-35-16)30-24(32)10-9-15(20(24)31)12-26-37(2,33)34/h3-5,7-8,11,15-16,20,26,31-32H,6,9-10,12-13H2,1-2H3,(H2,25,27,29,30). The Kier molecular flexibility index (Phi) is 7.44. The number of thiazole rings is 1. The summed E-state index contributed by atoms with van der Waals surface area (Å²) in [7, 11) is -3.42. The second kappa shape index (κ2) is 10.5. The van der Waals surface area contributed by atoms with Gasteiger partial charge in [-0.1, -0.05) is 18.2 Å². The number of aromatic nitrogens is 3. The lowest BCUT2D eigenvalue weighted by Crippen LogP contribution is -2.49. The molecule has 1 fully saturated rings. The van der Waals surface area contributed by atoms with Crippen molar-refractivity contribution in [2.24, 2.45) is 5.92 Å². The first-order chi connectivity index (χ1) is 17.6. The molecule has 3 heterocycles. The molecule has 37 heavy (non-hydrogen) atoms. The van der Waals surface area contributed by atoms with Crippen molar-refractivity contribution in [2.75, 3.05) is 30.0 Å². The molecule has 0 amide bonds. The quantitative estimate of drug-likeness (QED) is 0.246. The fourth-order valence-corrected chi connectivity index (χ4v) is 7.09. The molecule has 2 aromatic heterocycles. The molecule has 1 aromatic carbocycles. The number of nitrogens with one attached hydrogen (secondary N) is 3. The van der Waals surface area contributed by atoms with E-state index in [1.54, 1.807) is 11.8 Å². The zero-order chi connectivity index (χ0) is 26.2. The Balaban J connectivity index is 1.46. The van der Waals surface area contributed by atoms with Crippen LogP contribution in [0.15, 0.2) is 35.7 Å². The molecule has 5 rings (SSSR count). The third kappa shape index (κ3) is 5.91. The third-order valence-electron chi connectivity index (χ3n) is 6.63. The Bertz CT molecular complexity index is 1390. The van der Waals surface area contributed by atoms with Gasteiger partial charge in [-0.15, -0.1) is 23.1 Å². The predicted octanol–water partition coefficient (Wildman–Crippen LogP) is 2.91. The lowest BCUT2D eigenvalue weighted by molar-refractivity contribution is -0.0463. The summed E-state index contributed by atoms with van der Waals surface area (Å²) in [5.74, 6) is 0.332. The molecule has 0 bridgehead atoms. The Morgan fingerprint density at radius 1 is 1.19 bits per heavy atom. The van der Waals surface area contributed by atoms with Crippen LogP contribution in [0.1, 0.15) is 25.0 Å². The van der Waals surface area contributed by atoms with Crippen LogP contribution in [0.2, 0.25) is 0 Å². The second-order valence-corrected chi connectivity index (χ2v) is 13.6. The van der Waals surface area contributed by atoms with Crippen molar-refractivity contribution in [3.8, 4) is 10.6 Å². The van der Waals surface area contributed by atoms with Gasteiger partial charge in [0.2, 0.25) is 16.0 Å². The number of sulfonamides is 1. The topological polar surface area (TPSA) is 149 Å². The molecule has 1 aliphatic heterocycles. The molecule has 10 nitrogen and oxygen atoms in total. The minimum absolute atomic E-state index is 0.0391. The Morgan fingerprint density at radius 2 is 2.00 bits per heavy atom. The maximum absolute atomic E-state index is 11.5. The molecule has 4 atom stereocenters. The highest BCUT2D eigenvalue weighted by molar-refractivity contribution is 8.03. The molecule has 13 heteroatoms. The van der Waals surface area contributed by atoms with Crippen molar-refractivity contribution in [1.29, 1.82) is 0 Å². The van der Waals surface area contributed by atoms with E-state index in [2.05, 4.69) is 31.8 Å². The number of allylic oxidation sites excluding steroid dienone is 1. The van der Waals surface area contributed by atoms with Crippen molar-refractivity contribution in [2.45, 2.75) is 43.3 Å². The normalized spacial score (nSPS) is 25.7. The van der Waals surface area contributed by atoms with Crippen LogP contribution in [0.25, 0.3) is 20.8 Å². The Morgan fingerprint density at radius 3 is 2.73 bits per heavy atom. The highest BCUT2D eigenvalue weighted by Crippen LogP contribution is 2.40. The fraction of sp³-hybridized carbons (Fsp3) is 0.458. The minimum atomic E-state index is -3.42. The van der Waals surface area contributed by atoms with E-state index in [0.29, 0.717) is 46.2 Å². The minimum Gasteiger partial charge on any atom is -0.388 e. The van der Waals surface area contributed by atoms with Gasteiger partial charge in [0.25, 0.3) is 0 Å². The van der Waals surface area contributed by atoms with Gasteiger partial charge in [-0.3, -0.25) is 0 Å². The van der Waals surface area contributed by atoms with Crippen LogP contribution in [0.3, 0.4) is 0 Å². The molecule has 5 N–H and O–H groups in total. The molecule has 2 aliphatic rings. The molecule has 1 aliphatic carbocycles. The van der Waals surface area contributed by atoms with Crippen molar-refractivity contribution in [1.82, 2.24) is 19.7 Å². The van der Waals surface area contributed by atoms with E-state index >= 15 is 0 Å². The van der Waals surface area contributed by atoms with E-state index in [1.807, 2.05) is 31.2 Å². The number of para-hydroxylation sites is 1. The second-order valence-electron chi connectivity index (χ2n) is 9.50. The van der Waals surface area contributed by atoms with Crippen molar-refractivity contribution < 1.29 is 18.6 Å². The molecule has 4 unspecified atom stereocenters. The van der Waals surface area contributed by atoms with Gasteiger partial charge in [-0.25, -0.2) is 23.1 Å². The van der Waals surface area contributed by atoms with E-state index in [-0.39, 0.29) is 13.0 Å². The average molecular weight is 563 g/mol. The van der Waals surface area contributed by atoms with E-state index in [0.717, 1.165) is 22.9 Å². The zero-order valence-electron chi connectivity index (χ0n) is 20.5. The summed E-state index contributed by atoms with van der Waals surface area (Å²) in [6.07, 6.45) is 3.63. The van der Waals surface area contributed by atoms with E-state index < -0.39 is 27.8 Å². The van der Waals surface area contributed by atoms with Gasteiger partial charge in [0.15, 0.2) is 5.72 Å². The molecule has 0 saturated heterocycles. The SMILES string of the molecule is Cc1nc(NCC2CC=CS2)nc(NC2(O)CCC(CNS(C)(=O)=O)C2O)c1-c1nc2ccccc2s1. The third-order valence-corrected chi connectivity index (χ3v) is 9.46. The first-order valence-electron chi connectivity index (χ1n) is 12.0. The summed E-state index contributed by atoms with van der Waals surface area (Å²) >= 11 is 3.26. The van der Waals surface area contributed by atoms with Crippen LogP contribution in [0.5, 0.6) is 0 Å². The number of hydrogen-bond acceptors (Lipinski definition) is 11. The number of hydrogen-bond donors (Lipinski definition) is 5. The van der Waals surface area contributed by atoms with E-state index in [9.17, 15) is 18.6 Å². The fourth-order valence-electron chi connectivity index (χ4n) is 4.66. The van der Waals surface area contributed by atoms with Crippen LogP contribution >= 0.6 is 23.1 Å². The molecule has 0 spiro atoms. The number of benzene rings is 1. The summed E-state index contributed by atoms with van der Waals surface area (Å²) in [5.41, 5.74) is 0.496. The molecule has 0 radical (unpaired) electrons. The average Bonchev–Trinajstić information content (AvgIpc) is 3.56. The van der Waals surface area contributed by atoms with Crippen molar-refractivity contribution in [3.05, 3.63) is 41.4 Å². The summed E-state index contributed by atoms with van der Waals surface area (Å²) in [4.78, 5) is 14.2. The lowest BCUT2D eigenvalue weighted by atomic mass is 10.0. The number of anilines is 2. The highest BCUT2D eigenvalue weighted by Gasteiger charge is 2.47. The Labute approximate surface area is 224 Å². The number of aliphatic hydroxyl groups is 2. The maximum Gasteiger partial charge on any atom is 0.224 e. The van der Waals surface area contributed by atoms with Gasteiger partial charge in [-0.05, 0) is 43.7 Å². The van der Waals surface area contributed by atoms with Crippen molar-refractivity contribution in [3.63, 3.8) is 0 Å². The van der Waals surface area contributed by atoms with Crippen LogP contribution < -0.4 is 15.4 Å². The van der Waals surface area contributed by atoms with Gasteiger partial charge in [0.05, 0.1) is 27.7 Å². The predicted molar refractivity (Wildman–Crippen MR) is 149 cm³/mol. The van der Waals surface area contributed by atoms with Gasteiger partial charge in [-0.2, -0.15) is 4.98 Å². The molecule has 3 aromatic rings. The van der Waals surface area contributed by atoms with Crippen molar-refractivity contribution >= 4 is 55.1 Å². The number of aryl methyl sites for hydroxylation is 1. The highest BCUT2D eigenvalue weighted by atomic mass is 32.2. The largest absolute Gasteiger partial charge is 0.388 e. The maximum atomic E-state index is 11.5. The van der Waals surface area contributed by atoms with Crippen LogP contribution in [0, 0.1) is 12.8 Å². The number of aliphatic hydroxyl groups excluding tert-OH is 1.